The number of amides is 1. The Bertz CT molecular complexity index is 1150. The fraction of sp³-hybridized carbons (Fsp3) is 0.261. The second-order valence-electron chi connectivity index (χ2n) is 7.14. The first-order valence-corrected chi connectivity index (χ1v) is 10.3. The SMILES string of the molecule is COC(=O)c1cc(N=Cc2cn(CC(=O)N3CCOCC3)c3ccccc23)ccc1Cl. The van der Waals surface area contributed by atoms with Gasteiger partial charge in [-0.25, -0.2) is 4.79 Å². The van der Waals surface area contributed by atoms with E-state index in [0.29, 0.717) is 37.0 Å². The molecule has 0 N–H and O–H groups in total. The summed E-state index contributed by atoms with van der Waals surface area (Å²) in [4.78, 5) is 30.9. The molecule has 8 heteroatoms. The first-order chi connectivity index (χ1) is 15.1. The smallest absolute Gasteiger partial charge is 0.339 e. The zero-order valence-electron chi connectivity index (χ0n) is 17.1. The highest BCUT2D eigenvalue weighted by atomic mass is 35.5. The third-order valence-corrected chi connectivity index (χ3v) is 5.53. The van der Waals surface area contributed by atoms with E-state index in [1.54, 1.807) is 24.4 Å². The van der Waals surface area contributed by atoms with Crippen LogP contribution in [0.4, 0.5) is 5.69 Å². The Morgan fingerprint density at radius 3 is 2.74 bits per heavy atom. The van der Waals surface area contributed by atoms with Crippen LogP contribution >= 0.6 is 11.6 Å². The maximum atomic E-state index is 12.7. The molecule has 3 aromatic rings. The van der Waals surface area contributed by atoms with E-state index < -0.39 is 5.97 Å². The fourth-order valence-electron chi connectivity index (χ4n) is 3.57. The van der Waals surface area contributed by atoms with Crippen molar-refractivity contribution in [2.75, 3.05) is 33.4 Å². The minimum Gasteiger partial charge on any atom is -0.465 e. The zero-order valence-corrected chi connectivity index (χ0v) is 17.8. The highest BCUT2D eigenvalue weighted by Gasteiger charge is 2.18. The number of benzene rings is 2. The molecule has 1 saturated heterocycles. The van der Waals surface area contributed by atoms with E-state index in [1.807, 2.05) is 39.9 Å². The number of aliphatic imine (C=N–C) groups is 1. The van der Waals surface area contributed by atoms with Gasteiger partial charge in [-0.2, -0.15) is 0 Å². The molecule has 0 unspecified atom stereocenters. The van der Waals surface area contributed by atoms with Gasteiger partial charge in [-0.3, -0.25) is 9.79 Å². The van der Waals surface area contributed by atoms with Gasteiger partial charge in [0, 0.05) is 42.0 Å². The number of hydrogen-bond acceptors (Lipinski definition) is 5. The van der Waals surface area contributed by atoms with Crippen LogP contribution in [0.15, 0.2) is 53.7 Å². The number of esters is 1. The Balaban J connectivity index is 1.61. The molecule has 31 heavy (non-hydrogen) atoms. The molecule has 1 aromatic heterocycles. The van der Waals surface area contributed by atoms with Crippen LogP contribution < -0.4 is 0 Å². The Hall–Kier alpha value is -3.16. The van der Waals surface area contributed by atoms with Crippen molar-refractivity contribution in [1.82, 2.24) is 9.47 Å². The first kappa shape index (κ1) is 21.1. The van der Waals surface area contributed by atoms with Crippen molar-refractivity contribution in [2.24, 2.45) is 4.99 Å². The van der Waals surface area contributed by atoms with Gasteiger partial charge in [-0.15, -0.1) is 0 Å². The maximum Gasteiger partial charge on any atom is 0.339 e. The van der Waals surface area contributed by atoms with E-state index in [0.717, 1.165) is 16.5 Å². The van der Waals surface area contributed by atoms with Crippen LogP contribution in [0.1, 0.15) is 15.9 Å². The van der Waals surface area contributed by atoms with E-state index in [-0.39, 0.29) is 18.0 Å². The molecule has 1 fully saturated rings. The maximum absolute atomic E-state index is 12.7. The number of rotatable bonds is 5. The number of halogens is 1. The number of nitrogens with zero attached hydrogens (tertiary/aromatic N) is 3. The van der Waals surface area contributed by atoms with Gasteiger partial charge in [-0.05, 0) is 24.3 Å². The highest BCUT2D eigenvalue weighted by Crippen LogP contribution is 2.25. The van der Waals surface area contributed by atoms with Crippen molar-refractivity contribution >= 4 is 46.3 Å². The molecule has 0 atom stereocenters. The van der Waals surface area contributed by atoms with Gasteiger partial charge in [0.15, 0.2) is 0 Å². The Labute approximate surface area is 184 Å². The average molecular weight is 440 g/mol. The van der Waals surface area contributed by atoms with Crippen molar-refractivity contribution in [3.63, 3.8) is 0 Å². The minimum atomic E-state index is -0.514. The number of morpholine rings is 1. The topological polar surface area (TPSA) is 73.1 Å². The van der Waals surface area contributed by atoms with Crippen LogP contribution in [0.2, 0.25) is 5.02 Å². The number of carbonyl (C=O) groups excluding carboxylic acids is 2. The summed E-state index contributed by atoms with van der Waals surface area (Å²) in [6.07, 6.45) is 3.64. The molecule has 4 rings (SSSR count). The predicted molar refractivity (Wildman–Crippen MR) is 119 cm³/mol. The lowest BCUT2D eigenvalue weighted by Gasteiger charge is -2.27. The van der Waals surface area contributed by atoms with Gasteiger partial charge in [0.05, 0.1) is 36.6 Å². The number of methoxy groups -OCH3 is 1. The second-order valence-corrected chi connectivity index (χ2v) is 7.54. The van der Waals surface area contributed by atoms with Crippen LogP contribution in [0.5, 0.6) is 0 Å². The summed E-state index contributed by atoms with van der Waals surface area (Å²) in [5, 5.41) is 1.30. The Morgan fingerprint density at radius 1 is 1.19 bits per heavy atom. The number of hydrogen-bond donors (Lipinski definition) is 0. The van der Waals surface area contributed by atoms with E-state index in [4.69, 9.17) is 21.1 Å². The summed E-state index contributed by atoms with van der Waals surface area (Å²) < 4.78 is 12.0. The van der Waals surface area contributed by atoms with Gasteiger partial charge in [0.1, 0.15) is 6.54 Å². The standard InChI is InChI=1S/C23H22ClN3O4/c1-30-23(29)19-12-17(6-7-20(19)24)25-13-16-14-27(21-5-3-2-4-18(16)21)15-22(28)26-8-10-31-11-9-26/h2-7,12-14H,8-11,15H2,1H3. The molecule has 0 saturated carbocycles. The molecule has 0 spiro atoms. The summed E-state index contributed by atoms with van der Waals surface area (Å²) in [6.45, 7) is 2.63. The van der Waals surface area contributed by atoms with Gasteiger partial charge in [0.25, 0.3) is 0 Å². The van der Waals surface area contributed by atoms with Crippen LogP contribution in [0, 0.1) is 0 Å². The van der Waals surface area contributed by atoms with E-state index in [2.05, 4.69) is 4.99 Å². The van der Waals surface area contributed by atoms with Crippen LogP contribution in [0.25, 0.3) is 10.9 Å². The summed E-state index contributed by atoms with van der Waals surface area (Å²) in [5.41, 5.74) is 2.67. The lowest BCUT2D eigenvalue weighted by atomic mass is 10.2. The number of para-hydroxylation sites is 1. The lowest BCUT2D eigenvalue weighted by Crippen LogP contribution is -2.42. The van der Waals surface area contributed by atoms with Crippen molar-refractivity contribution in [3.8, 4) is 0 Å². The molecule has 7 nitrogen and oxygen atoms in total. The van der Waals surface area contributed by atoms with Crippen molar-refractivity contribution in [1.29, 1.82) is 0 Å². The molecular formula is C23H22ClN3O4. The van der Waals surface area contributed by atoms with Crippen molar-refractivity contribution in [3.05, 3.63) is 64.8 Å². The summed E-state index contributed by atoms with van der Waals surface area (Å²) >= 11 is 6.08. The summed E-state index contributed by atoms with van der Waals surface area (Å²) in [7, 11) is 1.31. The molecule has 0 bridgehead atoms. The van der Waals surface area contributed by atoms with Gasteiger partial charge >= 0.3 is 5.97 Å². The predicted octanol–water partition coefficient (Wildman–Crippen LogP) is 3.69. The number of fused-ring (bicyclic) bond motifs is 1. The van der Waals surface area contributed by atoms with E-state index >= 15 is 0 Å². The summed E-state index contributed by atoms with van der Waals surface area (Å²) in [6, 6.07) is 12.8. The third-order valence-electron chi connectivity index (χ3n) is 5.20. The second kappa shape index (κ2) is 9.32. The molecule has 2 aromatic carbocycles. The Morgan fingerprint density at radius 2 is 1.97 bits per heavy atom. The number of ether oxygens (including phenoxy) is 2. The molecule has 160 valence electrons. The minimum absolute atomic E-state index is 0.0629. The van der Waals surface area contributed by atoms with Crippen LogP contribution in [-0.2, 0) is 20.8 Å². The van der Waals surface area contributed by atoms with E-state index in [1.165, 1.54) is 7.11 Å². The fourth-order valence-corrected chi connectivity index (χ4v) is 3.77. The Kier molecular flexibility index (Phi) is 6.34. The molecule has 1 amide bonds. The van der Waals surface area contributed by atoms with Crippen molar-refractivity contribution < 1.29 is 19.1 Å². The van der Waals surface area contributed by atoms with Gasteiger partial charge in [0.2, 0.25) is 5.91 Å². The molecule has 1 aliphatic heterocycles. The third kappa shape index (κ3) is 4.62. The van der Waals surface area contributed by atoms with Crippen molar-refractivity contribution in [2.45, 2.75) is 6.54 Å². The number of carbonyl (C=O) groups is 2. The van der Waals surface area contributed by atoms with Crippen LogP contribution in [0.3, 0.4) is 0 Å². The quantitative estimate of drug-likeness (QED) is 0.449. The van der Waals surface area contributed by atoms with Gasteiger partial charge < -0.3 is 18.9 Å². The lowest BCUT2D eigenvalue weighted by molar-refractivity contribution is -0.135. The molecule has 1 aliphatic rings. The van der Waals surface area contributed by atoms with E-state index in [9.17, 15) is 9.59 Å². The van der Waals surface area contributed by atoms with Gasteiger partial charge in [-0.1, -0.05) is 29.8 Å². The molecule has 0 aliphatic carbocycles. The molecule has 2 heterocycles. The highest BCUT2D eigenvalue weighted by molar-refractivity contribution is 6.33. The zero-order chi connectivity index (χ0) is 21.8. The molecule has 0 radical (unpaired) electrons. The monoisotopic (exact) mass is 439 g/mol. The normalized spacial score (nSPS) is 14.3. The molecular weight excluding hydrogens is 418 g/mol. The first-order valence-electron chi connectivity index (χ1n) is 9.92. The summed E-state index contributed by atoms with van der Waals surface area (Å²) in [5.74, 6) is -0.451. The largest absolute Gasteiger partial charge is 0.465 e. The average Bonchev–Trinajstić information content (AvgIpc) is 3.16. The number of aromatic nitrogens is 1. The van der Waals surface area contributed by atoms with Crippen LogP contribution in [-0.4, -0.2) is 61.0 Å².